The van der Waals surface area contributed by atoms with Gasteiger partial charge in [0.05, 0.1) is 19.4 Å². The van der Waals surface area contributed by atoms with Gasteiger partial charge in [0.25, 0.3) is 0 Å². The molecular weight excluding hydrogens is 276 g/mol. The van der Waals surface area contributed by atoms with Crippen LogP contribution in [-0.2, 0) is 12.8 Å². The first-order chi connectivity index (χ1) is 10.7. The molecule has 22 heavy (non-hydrogen) atoms. The number of H-pyrrole nitrogens is 1. The Morgan fingerprint density at radius 2 is 2.18 bits per heavy atom. The van der Waals surface area contributed by atoms with Crippen molar-refractivity contribution in [3.05, 3.63) is 53.5 Å². The van der Waals surface area contributed by atoms with Gasteiger partial charge >= 0.3 is 0 Å². The summed E-state index contributed by atoms with van der Waals surface area (Å²) in [6.45, 7) is 2.75. The summed E-state index contributed by atoms with van der Waals surface area (Å²) in [5.74, 6) is 1.84. The summed E-state index contributed by atoms with van der Waals surface area (Å²) in [7, 11) is 1.69. The number of aromatic amines is 1. The van der Waals surface area contributed by atoms with Crippen molar-refractivity contribution in [2.75, 3.05) is 18.6 Å². The number of benzene rings is 1. The molecule has 0 unspecified atom stereocenters. The average molecular weight is 296 g/mol. The van der Waals surface area contributed by atoms with Crippen molar-refractivity contribution < 1.29 is 4.74 Å². The van der Waals surface area contributed by atoms with Gasteiger partial charge in [0.1, 0.15) is 5.75 Å². The number of aliphatic imine (C=N–C) groups is 1. The minimum absolute atomic E-state index is 0.761. The molecule has 0 spiro atoms. The first-order valence-electron chi connectivity index (χ1n) is 7.39. The zero-order valence-corrected chi connectivity index (χ0v) is 12.9. The molecule has 2 aromatic rings. The lowest BCUT2D eigenvalue weighted by molar-refractivity contribution is 0.414. The van der Waals surface area contributed by atoms with E-state index in [1.165, 1.54) is 5.56 Å². The number of allylic oxidation sites excluding steroid dienone is 1. The Morgan fingerprint density at radius 3 is 3.00 bits per heavy atom. The van der Waals surface area contributed by atoms with Crippen LogP contribution in [0.2, 0.25) is 0 Å². The molecule has 1 aliphatic heterocycles. The van der Waals surface area contributed by atoms with Crippen molar-refractivity contribution in [1.29, 1.82) is 0 Å². The summed E-state index contributed by atoms with van der Waals surface area (Å²) in [4.78, 5) is 6.34. The maximum atomic E-state index is 5.25. The topological polar surface area (TPSA) is 53.5 Å². The van der Waals surface area contributed by atoms with Crippen LogP contribution in [0.3, 0.4) is 0 Å². The monoisotopic (exact) mass is 296 g/mol. The minimum Gasteiger partial charge on any atom is -0.497 e. The van der Waals surface area contributed by atoms with Crippen LogP contribution in [0.1, 0.15) is 18.2 Å². The molecule has 0 fully saturated rings. The molecule has 1 aromatic heterocycles. The number of hydrogen-bond donors (Lipinski definition) is 1. The van der Waals surface area contributed by atoms with Gasteiger partial charge in [0.15, 0.2) is 5.82 Å². The van der Waals surface area contributed by atoms with E-state index in [1.807, 2.05) is 31.5 Å². The number of nitrogens with zero attached hydrogens (tertiary/aromatic N) is 3. The maximum Gasteiger partial charge on any atom is 0.154 e. The first kappa shape index (κ1) is 14.4. The van der Waals surface area contributed by atoms with E-state index in [2.05, 4.69) is 38.3 Å². The lowest BCUT2D eigenvalue weighted by atomic mass is 10.1. The molecule has 0 radical (unpaired) electrons. The third-order valence-electron chi connectivity index (χ3n) is 3.64. The zero-order chi connectivity index (χ0) is 15.4. The van der Waals surface area contributed by atoms with E-state index in [-0.39, 0.29) is 0 Å². The highest BCUT2D eigenvalue weighted by Crippen LogP contribution is 2.18. The van der Waals surface area contributed by atoms with Gasteiger partial charge in [-0.2, -0.15) is 5.10 Å². The Balaban J connectivity index is 1.63. The van der Waals surface area contributed by atoms with Gasteiger partial charge in [-0.3, -0.25) is 10.1 Å². The molecule has 3 rings (SSSR count). The van der Waals surface area contributed by atoms with Crippen molar-refractivity contribution >= 4 is 12.0 Å². The first-order valence-corrected chi connectivity index (χ1v) is 7.39. The molecule has 0 atom stereocenters. The molecule has 2 heterocycles. The quantitative estimate of drug-likeness (QED) is 0.923. The highest BCUT2D eigenvalue weighted by atomic mass is 16.5. The fourth-order valence-electron chi connectivity index (χ4n) is 2.48. The molecule has 5 nitrogen and oxygen atoms in total. The van der Waals surface area contributed by atoms with Crippen LogP contribution >= 0.6 is 0 Å². The predicted octanol–water partition coefficient (Wildman–Crippen LogP) is 2.96. The second-order valence-corrected chi connectivity index (χ2v) is 5.34. The summed E-state index contributed by atoms with van der Waals surface area (Å²) in [6, 6.07) is 10.3. The Kier molecular flexibility index (Phi) is 4.23. The molecule has 0 amide bonds. The number of aromatic nitrogens is 2. The van der Waals surface area contributed by atoms with E-state index in [4.69, 9.17) is 4.74 Å². The Hall–Kier alpha value is -2.56. The van der Waals surface area contributed by atoms with E-state index in [0.717, 1.165) is 42.3 Å². The SMILES string of the molecule is COc1cccc(CCc2cc(N3C=C(C)N=CC3)n[nH]2)c1. The van der Waals surface area contributed by atoms with Crippen LogP contribution in [0, 0.1) is 0 Å². The normalized spacial score (nSPS) is 14.1. The zero-order valence-electron chi connectivity index (χ0n) is 12.9. The van der Waals surface area contributed by atoms with E-state index in [9.17, 15) is 0 Å². The molecule has 0 aliphatic carbocycles. The highest BCUT2D eigenvalue weighted by molar-refractivity contribution is 5.69. The highest BCUT2D eigenvalue weighted by Gasteiger charge is 2.10. The number of nitrogens with one attached hydrogen (secondary N) is 1. The minimum atomic E-state index is 0.761. The second kappa shape index (κ2) is 6.47. The molecule has 0 bridgehead atoms. The fourth-order valence-corrected chi connectivity index (χ4v) is 2.48. The third-order valence-corrected chi connectivity index (χ3v) is 3.64. The molecule has 114 valence electrons. The number of anilines is 1. The van der Waals surface area contributed by atoms with Gasteiger partial charge in [-0.25, -0.2) is 0 Å². The van der Waals surface area contributed by atoms with Gasteiger partial charge < -0.3 is 9.64 Å². The Morgan fingerprint density at radius 1 is 1.27 bits per heavy atom. The standard InChI is InChI=1S/C17H20N4O/c1-13-12-21(9-8-18-13)17-11-15(19-20-17)7-6-14-4-3-5-16(10-14)22-2/h3-5,8,10-12H,6-7,9H2,1-2H3,(H,19,20). The number of methoxy groups -OCH3 is 1. The predicted molar refractivity (Wildman–Crippen MR) is 88.6 cm³/mol. The van der Waals surface area contributed by atoms with Crippen LogP contribution < -0.4 is 9.64 Å². The maximum absolute atomic E-state index is 5.25. The third kappa shape index (κ3) is 3.36. The van der Waals surface area contributed by atoms with Gasteiger partial charge in [0.2, 0.25) is 0 Å². The number of hydrogen-bond acceptors (Lipinski definition) is 4. The Bertz CT molecular complexity index is 702. The lowest BCUT2D eigenvalue weighted by Crippen LogP contribution is -2.21. The van der Waals surface area contributed by atoms with Crippen LogP contribution in [0.5, 0.6) is 5.75 Å². The van der Waals surface area contributed by atoms with Crippen LogP contribution in [0.4, 0.5) is 5.82 Å². The molecular formula is C17H20N4O. The lowest BCUT2D eigenvalue weighted by Gasteiger charge is -2.18. The van der Waals surface area contributed by atoms with Crippen molar-refractivity contribution in [2.45, 2.75) is 19.8 Å². The smallest absolute Gasteiger partial charge is 0.154 e. The average Bonchev–Trinajstić information content (AvgIpc) is 3.02. The molecule has 0 saturated carbocycles. The Labute approximate surface area is 130 Å². The summed E-state index contributed by atoms with van der Waals surface area (Å²) < 4.78 is 5.25. The largest absolute Gasteiger partial charge is 0.497 e. The van der Waals surface area contributed by atoms with Gasteiger partial charge in [-0.15, -0.1) is 0 Å². The van der Waals surface area contributed by atoms with Crippen molar-refractivity contribution in [1.82, 2.24) is 10.2 Å². The summed E-state index contributed by atoms with van der Waals surface area (Å²) >= 11 is 0. The molecule has 1 aliphatic rings. The van der Waals surface area contributed by atoms with Gasteiger partial charge in [-0.05, 0) is 37.5 Å². The molecule has 1 aromatic carbocycles. The van der Waals surface area contributed by atoms with Gasteiger partial charge in [0, 0.05) is 24.2 Å². The number of aryl methyl sites for hydroxylation is 2. The van der Waals surface area contributed by atoms with Crippen molar-refractivity contribution in [3.63, 3.8) is 0 Å². The summed E-state index contributed by atoms with van der Waals surface area (Å²) in [5.41, 5.74) is 3.38. The van der Waals surface area contributed by atoms with Crippen molar-refractivity contribution in [3.8, 4) is 5.75 Å². The van der Waals surface area contributed by atoms with E-state index < -0.39 is 0 Å². The van der Waals surface area contributed by atoms with Crippen LogP contribution in [-0.4, -0.2) is 30.1 Å². The molecule has 1 N–H and O–H groups in total. The van der Waals surface area contributed by atoms with E-state index in [0.29, 0.717) is 0 Å². The second-order valence-electron chi connectivity index (χ2n) is 5.34. The van der Waals surface area contributed by atoms with E-state index in [1.54, 1.807) is 7.11 Å². The number of ether oxygens (including phenoxy) is 1. The van der Waals surface area contributed by atoms with Crippen LogP contribution in [0.25, 0.3) is 0 Å². The van der Waals surface area contributed by atoms with E-state index >= 15 is 0 Å². The number of rotatable bonds is 5. The molecule has 0 saturated heterocycles. The van der Waals surface area contributed by atoms with Crippen molar-refractivity contribution in [2.24, 2.45) is 4.99 Å². The van der Waals surface area contributed by atoms with Crippen LogP contribution in [0.15, 0.2) is 47.2 Å². The molecule has 5 heteroatoms. The van der Waals surface area contributed by atoms with Gasteiger partial charge in [-0.1, -0.05) is 12.1 Å². The summed E-state index contributed by atoms with van der Waals surface area (Å²) in [6.07, 6.45) is 5.79. The fraction of sp³-hybridized carbons (Fsp3) is 0.294. The summed E-state index contributed by atoms with van der Waals surface area (Å²) in [5, 5.41) is 7.51.